The highest BCUT2D eigenvalue weighted by atomic mass is 32.1. The van der Waals surface area contributed by atoms with E-state index in [1.54, 1.807) is 11.3 Å². The van der Waals surface area contributed by atoms with E-state index in [0.29, 0.717) is 13.0 Å². The van der Waals surface area contributed by atoms with Crippen LogP contribution in [0.2, 0.25) is 0 Å². The number of carbonyl (C=O) groups excluding carboxylic acids is 1. The summed E-state index contributed by atoms with van der Waals surface area (Å²) in [4.78, 5) is 22.1. The number of hydrogen-bond acceptors (Lipinski definition) is 6. The highest BCUT2D eigenvalue weighted by molar-refractivity contribution is 7.09. The molecule has 1 aliphatic heterocycles. The van der Waals surface area contributed by atoms with Gasteiger partial charge in [0.25, 0.3) is 0 Å². The molecule has 146 valence electrons. The third-order valence-electron chi connectivity index (χ3n) is 6.16. The molecule has 1 aliphatic carbocycles. The average Bonchev–Trinajstić information content (AvgIpc) is 3.09. The van der Waals surface area contributed by atoms with E-state index in [0.717, 1.165) is 44.8 Å². The fraction of sp³-hybridized carbons (Fsp3) is 0.789. The van der Waals surface area contributed by atoms with Crippen molar-refractivity contribution in [3.63, 3.8) is 0 Å². The molecule has 1 aromatic rings. The van der Waals surface area contributed by atoms with Gasteiger partial charge in [-0.25, -0.2) is 4.98 Å². The zero-order valence-electron chi connectivity index (χ0n) is 16.5. The van der Waals surface area contributed by atoms with Crippen molar-refractivity contribution < 1.29 is 9.53 Å². The van der Waals surface area contributed by atoms with Crippen LogP contribution < -0.4 is 5.73 Å². The minimum atomic E-state index is -0.806. The van der Waals surface area contributed by atoms with Crippen LogP contribution in [0, 0.1) is 5.41 Å². The summed E-state index contributed by atoms with van der Waals surface area (Å²) < 4.78 is 5.76. The van der Waals surface area contributed by atoms with Crippen molar-refractivity contribution in [2.24, 2.45) is 11.1 Å². The second kappa shape index (κ2) is 7.54. The Morgan fingerprint density at radius 1 is 1.35 bits per heavy atom. The van der Waals surface area contributed by atoms with Crippen LogP contribution >= 0.6 is 11.3 Å². The molecule has 7 heteroatoms. The van der Waals surface area contributed by atoms with E-state index in [4.69, 9.17) is 10.5 Å². The van der Waals surface area contributed by atoms with Crippen LogP contribution in [0.3, 0.4) is 0 Å². The van der Waals surface area contributed by atoms with Gasteiger partial charge in [-0.2, -0.15) is 0 Å². The number of rotatable bonds is 6. The molecule has 2 unspecified atom stereocenters. The molecule has 2 heterocycles. The normalized spacial score (nSPS) is 28.8. The van der Waals surface area contributed by atoms with Gasteiger partial charge in [-0.05, 0) is 13.3 Å². The quantitative estimate of drug-likeness (QED) is 0.816. The molecule has 2 fully saturated rings. The van der Waals surface area contributed by atoms with Crippen LogP contribution in [0.15, 0.2) is 5.38 Å². The highest BCUT2D eigenvalue weighted by Gasteiger charge is 2.63. The van der Waals surface area contributed by atoms with E-state index in [-0.39, 0.29) is 17.4 Å². The standard InChI is InChI=1S/C19H32N4O2S/c1-5-16-21-14(13-26-16)12-22-7-9-23(10-8-22)17(24)19(20)11-15(25-6-2)18(19,3)4/h13,15H,5-12,20H2,1-4H3. The second-order valence-corrected chi connectivity index (χ2v) is 8.94. The number of amides is 1. The fourth-order valence-electron chi connectivity index (χ4n) is 4.00. The number of thiazole rings is 1. The van der Waals surface area contributed by atoms with Crippen LogP contribution in [0.5, 0.6) is 0 Å². The number of piperazine rings is 1. The molecule has 0 bridgehead atoms. The van der Waals surface area contributed by atoms with Crippen LogP contribution in [0.25, 0.3) is 0 Å². The second-order valence-electron chi connectivity index (χ2n) is 8.00. The van der Waals surface area contributed by atoms with Gasteiger partial charge in [-0.3, -0.25) is 9.69 Å². The lowest BCUT2D eigenvalue weighted by atomic mass is 9.54. The van der Waals surface area contributed by atoms with Gasteiger partial charge in [-0.15, -0.1) is 11.3 Å². The molecule has 1 aromatic heterocycles. The summed E-state index contributed by atoms with van der Waals surface area (Å²) >= 11 is 1.73. The lowest BCUT2D eigenvalue weighted by molar-refractivity contribution is -0.180. The first kappa shape index (κ1) is 19.7. The summed E-state index contributed by atoms with van der Waals surface area (Å²) in [6.45, 7) is 13.0. The molecule has 1 saturated carbocycles. The monoisotopic (exact) mass is 380 g/mol. The Morgan fingerprint density at radius 3 is 2.58 bits per heavy atom. The third-order valence-corrected chi connectivity index (χ3v) is 7.20. The van der Waals surface area contributed by atoms with E-state index in [1.807, 2.05) is 11.8 Å². The summed E-state index contributed by atoms with van der Waals surface area (Å²) in [5.41, 5.74) is 6.57. The van der Waals surface area contributed by atoms with Crippen molar-refractivity contribution in [3.05, 3.63) is 16.1 Å². The summed E-state index contributed by atoms with van der Waals surface area (Å²) in [6.07, 6.45) is 1.68. The van der Waals surface area contributed by atoms with Gasteiger partial charge in [0.1, 0.15) is 5.54 Å². The van der Waals surface area contributed by atoms with Crippen molar-refractivity contribution >= 4 is 17.2 Å². The summed E-state index contributed by atoms with van der Waals surface area (Å²) in [7, 11) is 0. The SMILES string of the molecule is CCOC1CC(N)(C(=O)N2CCN(Cc3csc(CC)n3)CC2)C1(C)C. The van der Waals surface area contributed by atoms with Crippen LogP contribution in [0.1, 0.15) is 44.8 Å². The highest BCUT2D eigenvalue weighted by Crippen LogP contribution is 2.50. The molecule has 6 nitrogen and oxygen atoms in total. The lowest BCUT2D eigenvalue weighted by Gasteiger charge is -2.59. The Labute approximate surface area is 160 Å². The summed E-state index contributed by atoms with van der Waals surface area (Å²) in [5, 5.41) is 3.34. The molecule has 1 saturated heterocycles. The summed E-state index contributed by atoms with van der Waals surface area (Å²) in [5.74, 6) is 0.0834. The van der Waals surface area contributed by atoms with Crippen molar-refractivity contribution in [1.29, 1.82) is 0 Å². The van der Waals surface area contributed by atoms with E-state index >= 15 is 0 Å². The van der Waals surface area contributed by atoms with Gasteiger partial charge in [-0.1, -0.05) is 20.8 Å². The first-order chi connectivity index (χ1) is 12.3. The molecule has 2 aliphatic rings. The van der Waals surface area contributed by atoms with Gasteiger partial charge in [0.05, 0.1) is 16.8 Å². The first-order valence-electron chi connectivity index (χ1n) is 9.67. The Kier molecular flexibility index (Phi) is 5.72. The van der Waals surface area contributed by atoms with E-state index in [2.05, 4.69) is 36.0 Å². The predicted octanol–water partition coefficient (Wildman–Crippen LogP) is 1.88. The van der Waals surface area contributed by atoms with Crippen molar-refractivity contribution in [3.8, 4) is 0 Å². The van der Waals surface area contributed by atoms with Gasteiger partial charge in [0.2, 0.25) is 5.91 Å². The smallest absolute Gasteiger partial charge is 0.243 e. The third kappa shape index (κ3) is 3.42. The Balaban J connectivity index is 1.54. The Bertz CT molecular complexity index is 639. The van der Waals surface area contributed by atoms with Crippen molar-refractivity contribution in [2.45, 2.75) is 58.7 Å². The number of carbonyl (C=O) groups is 1. The largest absolute Gasteiger partial charge is 0.378 e. The topological polar surface area (TPSA) is 71.7 Å². The molecule has 0 radical (unpaired) electrons. The number of nitrogens with two attached hydrogens (primary N) is 1. The number of aromatic nitrogens is 1. The minimum absolute atomic E-state index is 0.0696. The number of aryl methyl sites for hydroxylation is 1. The van der Waals surface area contributed by atoms with Crippen LogP contribution in [-0.2, 0) is 22.5 Å². The molecule has 0 aromatic carbocycles. The van der Waals surface area contributed by atoms with Gasteiger partial charge in [0, 0.05) is 56.5 Å². The molecule has 1 amide bonds. The minimum Gasteiger partial charge on any atom is -0.378 e. The fourth-order valence-corrected chi connectivity index (χ4v) is 4.74. The molecule has 26 heavy (non-hydrogen) atoms. The first-order valence-corrected chi connectivity index (χ1v) is 10.5. The van der Waals surface area contributed by atoms with Gasteiger partial charge < -0.3 is 15.4 Å². The van der Waals surface area contributed by atoms with E-state index in [1.165, 1.54) is 5.01 Å². The average molecular weight is 381 g/mol. The predicted molar refractivity (Wildman–Crippen MR) is 104 cm³/mol. The van der Waals surface area contributed by atoms with E-state index in [9.17, 15) is 4.79 Å². The van der Waals surface area contributed by atoms with Gasteiger partial charge in [0.15, 0.2) is 0 Å². The molecular weight excluding hydrogens is 348 g/mol. The molecule has 2 atom stereocenters. The Hall–Kier alpha value is -1.02. The van der Waals surface area contributed by atoms with E-state index < -0.39 is 5.54 Å². The zero-order chi connectivity index (χ0) is 18.9. The maximum atomic E-state index is 13.1. The van der Waals surface area contributed by atoms with Crippen LogP contribution in [0.4, 0.5) is 0 Å². The number of hydrogen-bond donors (Lipinski definition) is 1. The molecule has 3 rings (SSSR count). The maximum absolute atomic E-state index is 13.1. The molecular formula is C19H32N4O2S. The maximum Gasteiger partial charge on any atom is 0.243 e. The molecule has 0 spiro atoms. The number of ether oxygens (including phenoxy) is 1. The lowest BCUT2D eigenvalue weighted by Crippen LogP contribution is -2.76. The molecule has 2 N–H and O–H groups in total. The van der Waals surface area contributed by atoms with Crippen molar-refractivity contribution in [2.75, 3.05) is 32.8 Å². The Morgan fingerprint density at radius 2 is 2.04 bits per heavy atom. The van der Waals surface area contributed by atoms with Gasteiger partial charge >= 0.3 is 0 Å². The van der Waals surface area contributed by atoms with Crippen molar-refractivity contribution in [1.82, 2.24) is 14.8 Å². The van der Waals surface area contributed by atoms with Crippen LogP contribution in [-0.4, -0.2) is 65.1 Å². The number of nitrogens with zero attached hydrogens (tertiary/aromatic N) is 3. The zero-order valence-corrected chi connectivity index (χ0v) is 17.3. The summed E-state index contributed by atoms with van der Waals surface area (Å²) in [6, 6.07) is 0.